The van der Waals surface area contributed by atoms with Gasteiger partial charge >= 0.3 is 6.09 Å². The fourth-order valence-electron chi connectivity index (χ4n) is 3.68. The van der Waals surface area contributed by atoms with Crippen LogP contribution in [0.2, 0.25) is 0 Å². The lowest BCUT2D eigenvalue weighted by Gasteiger charge is -2.16. The third-order valence-corrected chi connectivity index (χ3v) is 5.05. The van der Waals surface area contributed by atoms with E-state index in [0.29, 0.717) is 0 Å². The first kappa shape index (κ1) is 18.2. The van der Waals surface area contributed by atoms with Crippen molar-refractivity contribution in [1.29, 1.82) is 0 Å². The molecule has 4 rings (SSSR count). The summed E-state index contributed by atoms with van der Waals surface area (Å²) in [5, 5.41) is 12.6. The molecule has 1 unspecified atom stereocenters. The van der Waals surface area contributed by atoms with E-state index in [0.717, 1.165) is 22.3 Å². The third-order valence-electron chi connectivity index (χ3n) is 5.05. The normalized spacial score (nSPS) is 13.5. The Balaban J connectivity index is 1.38. The van der Waals surface area contributed by atoms with Crippen molar-refractivity contribution in [2.24, 2.45) is 0 Å². The summed E-state index contributed by atoms with van der Waals surface area (Å²) in [7, 11) is 0. The van der Waals surface area contributed by atoms with E-state index in [2.05, 4.69) is 17.4 Å². The molecule has 4 nitrogen and oxygen atoms in total. The van der Waals surface area contributed by atoms with E-state index < -0.39 is 18.0 Å². The van der Waals surface area contributed by atoms with Crippen molar-refractivity contribution in [3.05, 3.63) is 95.3 Å². The molecule has 1 aliphatic carbocycles. The Hall–Kier alpha value is -3.18. The fourth-order valence-corrected chi connectivity index (χ4v) is 3.68. The van der Waals surface area contributed by atoms with Gasteiger partial charge in [0, 0.05) is 11.5 Å². The molecule has 0 bridgehead atoms. The zero-order valence-corrected chi connectivity index (χ0v) is 15.1. The SMILES string of the molecule is O=C(NCC(O)c1ccccc1F)OCC1c2ccccc2-c2ccccc21. The number of benzene rings is 3. The molecule has 0 saturated carbocycles. The number of aliphatic hydroxyl groups is 1. The Morgan fingerprint density at radius 2 is 1.54 bits per heavy atom. The third kappa shape index (κ3) is 3.49. The van der Waals surface area contributed by atoms with Crippen LogP contribution < -0.4 is 5.32 Å². The number of rotatable bonds is 5. The Labute approximate surface area is 162 Å². The molecule has 0 radical (unpaired) electrons. The molecule has 3 aromatic carbocycles. The molecular formula is C23H20FNO3. The molecule has 5 heteroatoms. The van der Waals surface area contributed by atoms with Crippen LogP contribution in [-0.4, -0.2) is 24.4 Å². The molecule has 0 spiro atoms. The summed E-state index contributed by atoms with van der Waals surface area (Å²) in [5.74, 6) is -0.543. The highest BCUT2D eigenvalue weighted by atomic mass is 19.1. The first-order valence-corrected chi connectivity index (χ1v) is 9.16. The molecule has 0 aromatic heterocycles. The highest BCUT2D eigenvalue weighted by Gasteiger charge is 2.29. The number of fused-ring (bicyclic) bond motifs is 3. The van der Waals surface area contributed by atoms with Gasteiger partial charge in [0.05, 0.1) is 12.6 Å². The number of alkyl carbamates (subject to hydrolysis) is 1. The van der Waals surface area contributed by atoms with Crippen LogP contribution in [0.15, 0.2) is 72.8 Å². The summed E-state index contributed by atoms with van der Waals surface area (Å²) in [6, 6.07) is 22.1. The number of halogens is 1. The minimum Gasteiger partial charge on any atom is -0.449 e. The van der Waals surface area contributed by atoms with Gasteiger partial charge in [-0.05, 0) is 28.3 Å². The van der Waals surface area contributed by atoms with Gasteiger partial charge in [-0.3, -0.25) is 0 Å². The average Bonchev–Trinajstić information content (AvgIpc) is 3.05. The summed E-state index contributed by atoms with van der Waals surface area (Å²) in [5.41, 5.74) is 4.70. The fraction of sp³-hybridized carbons (Fsp3) is 0.174. The summed E-state index contributed by atoms with van der Waals surface area (Å²) < 4.78 is 19.1. The van der Waals surface area contributed by atoms with Gasteiger partial charge < -0.3 is 15.2 Å². The Morgan fingerprint density at radius 3 is 2.18 bits per heavy atom. The smallest absolute Gasteiger partial charge is 0.407 e. The first-order chi connectivity index (χ1) is 13.6. The topological polar surface area (TPSA) is 58.6 Å². The molecule has 0 fully saturated rings. The quantitative estimate of drug-likeness (QED) is 0.693. The molecule has 1 atom stereocenters. The summed E-state index contributed by atoms with van der Waals surface area (Å²) in [6.07, 6.45) is -1.78. The van der Waals surface area contributed by atoms with Crippen LogP contribution in [0, 0.1) is 5.82 Å². The summed E-state index contributed by atoms with van der Waals surface area (Å²) in [4.78, 5) is 12.1. The zero-order valence-electron chi connectivity index (χ0n) is 15.1. The van der Waals surface area contributed by atoms with E-state index in [1.807, 2.05) is 36.4 Å². The number of carbonyl (C=O) groups is 1. The number of carbonyl (C=O) groups excluding carboxylic acids is 1. The molecule has 2 N–H and O–H groups in total. The van der Waals surface area contributed by atoms with Crippen LogP contribution in [0.5, 0.6) is 0 Å². The van der Waals surface area contributed by atoms with Crippen molar-refractivity contribution in [3.8, 4) is 11.1 Å². The Bertz CT molecular complexity index is 959. The van der Waals surface area contributed by atoms with E-state index in [-0.39, 0.29) is 24.6 Å². The predicted molar refractivity (Wildman–Crippen MR) is 104 cm³/mol. The van der Waals surface area contributed by atoms with Crippen molar-refractivity contribution in [3.63, 3.8) is 0 Å². The van der Waals surface area contributed by atoms with Crippen molar-refractivity contribution in [2.75, 3.05) is 13.2 Å². The minimum absolute atomic E-state index is 0.0327. The highest BCUT2D eigenvalue weighted by molar-refractivity contribution is 5.79. The second kappa shape index (κ2) is 7.82. The van der Waals surface area contributed by atoms with Crippen LogP contribution in [0.4, 0.5) is 9.18 Å². The standard InChI is InChI=1S/C23H20FNO3/c24-21-12-6-5-11-19(21)22(26)13-25-23(27)28-14-20-17-9-3-1-7-15(17)16-8-2-4-10-18(16)20/h1-12,20,22,26H,13-14H2,(H,25,27). The van der Waals surface area contributed by atoms with E-state index in [1.165, 1.54) is 12.1 Å². The van der Waals surface area contributed by atoms with Gasteiger partial charge in [-0.15, -0.1) is 0 Å². The number of aliphatic hydroxyl groups excluding tert-OH is 1. The monoisotopic (exact) mass is 377 g/mol. The van der Waals surface area contributed by atoms with E-state index in [4.69, 9.17) is 4.74 Å². The lowest BCUT2D eigenvalue weighted by Crippen LogP contribution is -2.30. The van der Waals surface area contributed by atoms with Gasteiger partial charge in [-0.2, -0.15) is 0 Å². The van der Waals surface area contributed by atoms with E-state index in [9.17, 15) is 14.3 Å². The first-order valence-electron chi connectivity index (χ1n) is 9.16. The van der Waals surface area contributed by atoms with Crippen LogP contribution in [0.1, 0.15) is 28.7 Å². The molecule has 0 heterocycles. The lowest BCUT2D eigenvalue weighted by molar-refractivity contribution is 0.127. The summed E-state index contributed by atoms with van der Waals surface area (Å²) >= 11 is 0. The van der Waals surface area contributed by atoms with Gasteiger partial charge in [0.1, 0.15) is 12.4 Å². The molecule has 0 aliphatic heterocycles. The maximum absolute atomic E-state index is 13.7. The van der Waals surface area contributed by atoms with Gasteiger partial charge in [0.2, 0.25) is 0 Å². The maximum atomic E-state index is 13.7. The second-order valence-electron chi connectivity index (χ2n) is 6.74. The molecule has 142 valence electrons. The molecular weight excluding hydrogens is 357 g/mol. The lowest BCUT2D eigenvalue weighted by atomic mass is 9.98. The number of hydrogen-bond acceptors (Lipinski definition) is 3. The molecule has 1 aliphatic rings. The van der Waals surface area contributed by atoms with Gasteiger partial charge in [-0.1, -0.05) is 66.7 Å². The molecule has 28 heavy (non-hydrogen) atoms. The number of amides is 1. The molecule has 0 saturated heterocycles. The highest BCUT2D eigenvalue weighted by Crippen LogP contribution is 2.44. The molecule has 1 amide bonds. The number of nitrogens with one attached hydrogen (secondary N) is 1. The predicted octanol–water partition coefficient (Wildman–Crippen LogP) is 4.40. The van der Waals surface area contributed by atoms with Crippen LogP contribution in [-0.2, 0) is 4.74 Å². The van der Waals surface area contributed by atoms with Crippen molar-refractivity contribution >= 4 is 6.09 Å². The van der Waals surface area contributed by atoms with Gasteiger partial charge in [0.25, 0.3) is 0 Å². The molecule has 3 aromatic rings. The zero-order chi connectivity index (χ0) is 19.5. The van der Waals surface area contributed by atoms with E-state index in [1.54, 1.807) is 12.1 Å². The minimum atomic E-state index is -1.14. The van der Waals surface area contributed by atoms with Crippen LogP contribution >= 0.6 is 0 Å². The largest absolute Gasteiger partial charge is 0.449 e. The van der Waals surface area contributed by atoms with Gasteiger partial charge in [0.15, 0.2) is 0 Å². The van der Waals surface area contributed by atoms with Crippen molar-refractivity contribution in [1.82, 2.24) is 5.32 Å². The van der Waals surface area contributed by atoms with Crippen molar-refractivity contribution in [2.45, 2.75) is 12.0 Å². The number of ether oxygens (including phenoxy) is 1. The summed E-state index contributed by atoms with van der Waals surface area (Å²) in [6.45, 7) is 0.0628. The Morgan fingerprint density at radius 1 is 0.964 bits per heavy atom. The average molecular weight is 377 g/mol. The van der Waals surface area contributed by atoms with Crippen molar-refractivity contribution < 1.29 is 19.0 Å². The number of hydrogen-bond donors (Lipinski definition) is 2. The van der Waals surface area contributed by atoms with Crippen LogP contribution in [0.25, 0.3) is 11.1 Å². The second-order valence-corrected chi connectivity index (χ2v) is 6.74. The van der Waals surface area contributed by atoms with E-state index >= 15 is 0 Å². The van der Waals surface area contributed by atoms with Crippen LogP contribution in [0.3, 0.4) is 0 Å². The Kier molecular flexibility index (Phi) is 5.08. The maximum Gasteiger partial charge on any atom is 0.407 e. The van der Waals surface area contributed by atoms with Gasteiger partial charge in [-0.25, -0.2) is 9.18 Å².